The molecule has 7 nitrogen and oxygen atoms in total. The Hall–Kier alpha value is -4.20. The molecule has 0 saturated carbocycles. The van der Waals surface area contributed by atoms with Crippen LogP contribution < -0.4 is 10.1 Å². The van der Waals surface area contributed by atoms with Crippen molar-refractivity contribution in [3.63, 3.8) is 0 Å². The summed E-state index contributed by atoms with van der Waals surface area (Å²) in [4.78, 5) is 20.5. The van der Waals surface area contributed by atoms with E-state index in [1.165, 1.54) is 0 Å². The fourth-order valence-corrected chi connectivity index (χ4v) is 5.71. The van der Waals surface area contributed by atoms with Crippen LogP contribution in [0.1, 0.15) is 28.8 Å². The summed E-state index contributed by atoms with van der Waals surface area (Å²) >= 11 is 0. The van der Waals surface area contributed by atoms with E-state index >= 15 is 0 Å². The van der Waals surface area contributed by atoms with Crippen LogP contribution in [0, 0.1) is 0 Å². The summed E-state index contributed by atoms with van der Waals surface area (Å²) < 4.78 is 7.51. The predicted molar refractivity (Wildman–Crippen MR) is 155 cm³/mol. The SMILES string of the molecule is COc1ccc(-c2nc(NC(=O)c3ccc(CN4CCC[C@H]4CO)cc3)cc3c4ccccc4n(C)c23)cc1. The van der Waals surface area contributed by atoms with Crippen molar-refractivity contribution in [3.05, 3.63) is 90.0 Å². The number of carbonyl (C=O) groups is 1. The van der Waals surface area contributed by atoms with Gasteiger partial charge in [0.15, 0.2) is 0 Å². The van der Waals surface area contributed by atoms with Gasteiger partial charge in [0.2, 0.25) is 0 Å². The normalized spacial score (nSPS) is 15.7. The number of hydrogen-bond acceptors (Lipinski definition) is 5. The summed E-state index contributed by atoms with van der Waals surface area (Å²) in [5.41, 5.74) is 5.55. The van der Waals surface area contributed by atoms with Gasteiger partial charge in [-0.05, 0) is 73.5 Å². The first kappa shape index (κ1) is 25.1. The molecule has 1 fully saturated rings. The highest BCUT2D eigenvalue weighted by Crippen LogP contribution is 2.36. The fourth-order valence-electron chi connectivity index (χ4n) is 5.71. The Bertz CT molecular complexity index is 1640. The molecule has 1 saturated heterocycles. The molecule has 0 spiro atoms. The minimum Gasteiger partial charge on any atom is -0.497 e. The van der Waals surface area contributed by atoms with Crippen LogP contribution in [0.15, 0.2) is 78.9 Å². The van der Waals surface area contributed by atoms with Crippen molar-refractivity contribution in [2.75, 3.05) is 25.6 Å². The summed E-state index contributed by atoms with van der Waals surface area (Å²) in [6, 6.07) is 26.0. The highest BCUT2D eigenvalue weighted by Gasteiger charge is 2.23. The van der Waals surface area contributed by atoms with E-state index in [4.69, 9.17) is 9.72 Å². The summed E-state index contributed by atoms with van der Waals surface area (Å²) in [6.07, 6.45) is 2.14. The van der Waals surface area contributed by atoms with Crippen molar-refractivity contribution < 1.29 is 14.6 Å². The Morgan fingerprint density at radius 2 is 1.82 bits per heavy atom. The van der Waals surface area contributed by atoms with E-state index in [0.717, 1.165) is 70.3 Å². The smallest absolute Gasteiger partial charge is 0.256 e. The number of hydrogen-bond donors (Lipinski definition) is 2. The molecule has 39 heavy (non-hydrogen) atoms. The Labute approximate surface area is 227 Å². The molecule has 1 aliphatic rings. The molecule has 0 aliphatic carbocycles. The van der Waals surface area contributed by atoms with Crippen LogP contribution in [0.5, 0.6) is 5.75 Å². The summed E-state index contributed by atoms with van der Waals surface area (Å²) in [6.45, 7) is 1.96. The Morgan fingerprint density at radius 1 is 1.05 bits per heavy atom. The number of benzene rings is 3. The van der Waals surface area contributed by atoms with Gasteiger partial charge < -0.3 is 19.7 Å². The number of aromatic nitrogens is 2. The van der Waals surface area contributed by atoms with E-state index < -0.39 is 0 Å². The minimum absolute atomic E-state index is 0.188. The van der Waals surface area contributed by atoms with Crippen LogP contribution >= 0.6 is 0 Å². The van der Waals surface area contributed by atoms with Gasteiger partial charge in [0.05, 0.1) is 24.9 Å². The molecule has 3 heterocycles. The maximum Gasteiger partial charge on any atom is 0.256 e. The van der Waals surface area contributed by atoms with Crippen molar-refractivity contribution in [1.29, 1.82) is 0 Å². The first-order valence-corrected chi connectivity index (χ1v) is 13.3. The lowest BCUT2D eigenvalue weighted by atomic mass is 10.1. The lowest BCUT2D eigenvalue weighted by Crippen LogP contribution is -2.31. The topological polar surface area (TPSA) is 79.6 Å². The maximum atomic E-state index is 13.3. The predicted octanol–water partition coefficient (Wildman–Crippen LogP) is 5.61. The maximum absolute atomic E-state index is 13.3. The highest BCUT2D eigenvalue weighted by molar-refractivity contribution is 6.14. The van der Waals surface area contributed by atoms with Crippen LogP contribution in [0.3, 0.4) is 0 Å². The summed E-state index contributed by atoms with van der Waals surface area (Å²) in [5.74, 6) is 1.07. The lowest BCUT2D eigenvalue weighted by molar-refractivity contribution is 0.102. The Balaban J connectivity index is 1.33. The molecule has 5 aromatic rings. The number of pyridine rings is 1. The average Bonchev–Trinajstić information content (AvgIpc) is 3.55. The van der Waals surface area contributed by atoms with E-state index in [1.807, 2.05) is 73.8 Å². The van der Waals surface area contributed by atoms with E-state index in [2.05, 4.69) is 26.9 Å². The third-order valence-electron chi connectivity index (χ3n) is 7.80. The van der Waals surface area contributed by atoms with Crippen molar-refractivity contribution in [3.8, 4) is 17.0 Å². The van der Waals surface area contributed by atoms with Gasteiger partial charge in [0, 0.05) is 47.1 Å². The molecule has 0 bridgehead atoms. The van der Waals surface area contributed by atoms with E-state index in [1.54, 1.807) is 7.11 Å². The van der Waals surface area contributed by atoms with E-state index in [9.17, 15) is 9.90 Å². The van der Waals surface area contributed by atoms with Crippen molar-refractivity contribution in [1.82, 2.24) is 14.5 Å². The number of methoxy groups -OCH3 is 1. The molecular formula is C32H32N4O3. The third-order valence-corrected chi connectivity index (χ3v) is 7.80. The highest BCUT2D eigenvalue weighted by atomic mass is 16.5. The number of aliphatic hydroxyl groups excluding tert-OH is 1. The number of rotatable bonds is 7. The molecule has 6 rings (SSSR count). The number of likely N-dealkylation sites (tertiary alicyclic amines) is 1. The first-order valence-electron chi connectivity index (χ1n) is 13.3. The second-order valence-corrected chi connectivity index (χ2v) is 10.2. The number of nitrogens with zero attached hydrogens (tertiary/aromatic N) is 3. The molecule has 3 aromatic carbocycles. The largest absolute Gasteiger partial charge is 0.497 e. The van der Waals surface area contributed by atoms with Gasteiger partial charge in [0.25, 0.3) is 5.91 Å². The molecule has 2 N–H and O–H groups in total. The second-order valence-electron chi connectivity index (χ2n) is 10.2. The van der Waals surface area contributed by atoms with Gasteiger partial charge in [0.1, 0.15) is 11.6 Å². The van der Waals surface area contributed by atoms with Gasteiger partial charge in [-0.25, -0.2) is 4.98 Å². The third kappa shape index (κ3) is 4.75. The lowest BCUT2D eigenvalue weighted by Gasteiger charge is -2.22. The van der Waals surface area contributed by atoms with Crippen LogP contribution in [-0.4, -0.2) is 51.8 Å². The number of amides is 1. The molecule has 0 radical (unpaired) electrons. The van der Waals surface area contributed by atoms with Gasteiger partial charge in [-0.3, -0.25) is 9.69 Å². The summed E-state index contributed by atoms with van der Waals surface area (Å²) in [7, 11) is 3.69. The quantitative estimate of drug-likeness (QED) is 0.292. The monoisotopic (exact) mass is 520 g/mol. The number of aryl methyl sites for hydroxylation is 1. The zero-order valence-electron chi connectivity index (χ0n) is 22.2. The number of fused-ring (bicyclic) bond motifs is 3. The fraction of sp³-hybridized carbons (Fsp3) is 0.250. The Morgan fingerprint density at radius 3 is 2.56 bits per heavy atom. The van der Waals surface area contributed by atoms with Crippen LogP contribution in [0.2, 0.25) is 0 Å². The van der Waals surface area contributed by atoms with Gasteiger partial charge >= 0.3 is 0 Å². The number of anilines is 1. The number of aliphatic hydroxyl groups is 1. The van der Waals surface area contributed by atoms with E-state index in [-0.39, 0.29) is 18.6 Å². The number of ether oxygens (including phenoxy) is 1. The minimum atomic E-state index is -0.205. The van der Waals surface area contributed by atoms with Gasteiger partial charge in [-0.1, -0.05) is 30.3 Å². The molecule has 1 amide bonds. The number of carbonyl (C=O) groups excluding carboxylic acids is 1. The molecule has 0 unspecified atom stereocenters. The van der Waals surface area contributed by atoms with Crippen molar-refractivity contribution in [2.24, 2.45) is 7.05 Å². The average molecular weight is 521 g/mol. The standard InChI is InChI=1S/C32H32N4O3/c1-35-28-8-4-3-7-26(28)27-18-29(33-30(31(27)35)22-13-15-25(39-2)16-14-22)34-32(38)23-11-9-21(10-12-23)19-36-17-5-6-24(36)20-37/h3-4,7-16,18,24,37H,5-6,17,19-20H2,1-2H3,(H,33,34,38)/t24-/m0/s1. The molecular weight excluding hydrogens is 488 g/mol. The number of para-hydroxylation sites is 1. The molecule has 1 aliphatic heterocycles. The first-order chi connectivity index (χ1) is 19.1. The number of nitrogens with one attached hydrogen (secondary N) is 1. The molecule has 7 heteroatoms. The second kappa shape index (κ2) is 10.5. The van der Waals surface area contributed by atoms with E-state index in [0.29, 0.717) is 11.4 Å². The van der Waals surface area contributed by atoms with Gasteiger partial charge in [-0.2, -0.15) is 0 Å². The Kier molecular flexibility index (Phi) is 6.77. The summed E-state index contributed by atoms with van der Waals surface area (Å²) in [5, 5.41) is 14.8. The zero-order chi connectivity index (χ0) is 26.9. The van der Waals surface area contributed by atoms with Crippen molar-refractivity contribution in [2.45, 2.75) is 25.4 Å². The van der Waals surface area contributed by atoms with Crippen LogP contribution in [-0.2, 0) is 13.6 Å². The molecule has 198 valence electrons. The molecule has 2 aromatic heterocycles. The van der Waals surface area contributed by atoms with Gasteiger partial charge in [-0.15, -0.1) is 0 Å². The van der Waals surface area contributed by atoms with Crippen LogP contribution in [0.4, 0.5) is 5.82 Å². The zero-order valence-corrected chi connectivity index (χ0v) is 22.2. The molecule has 1 atom stereocenters. The van der Waals surface area contributed by atoms with Crippen molar-refractivity contribution >= 4 is 33.5 Å². The van der Waals surface area contributed by atoms with Crippen LogP contribution in [0.25, 0.3) is 33.1 Å².